The summed E-state index contributed by atoms with van der Waals surface area (Å²) in [6.07, 6.45) is 1.46. The van der Waals surface area contributed by atoms with Gasteiger partial charge in [-0.1, -0.05) is 18.2 Å². The Balaban J connectivity index is 1.79. The number of nitrogens with zero attached hydrogens (tertiary/aromatic N) is 1. The molecule has 4 amide bonds. The van der Waals surface area contributed by atoms with Gasteiger partial charge in [0.05, 0.1) is 12.8 Å². The Kier molecular flexibility index (Phi) is 5.35. The van der Waals surface area contributed by atoms with Gasteiger partial charge in [0.15, 0.2) is 0 Å². The monoisotopic (exact) mass is 316 g/mol. The van der Waals surface area contributed by atoms with E-state index in [1.54, 1.807) is 36.4 Å². The Morgan fingerprint density at radius 3 is 2.43 bits per heavy atom. The third-order valence-corrected chi connectivity index (χ3v) is 2.81. The summed E-state index contributed by atoms with van der Waals surface area (Å²) in [7, 11) is 1.33. The van der Waals surface area contributed by atoms with Gasteiger partial charge < -0.3 is 15.1 Å². The number of anilines is 1. The van der Waals surface area contributed by atoms with Crippen molar-refractivity contribution >= 4 is 23.5 Å². The van der Waals surface area contributed by atoms with Gasteiger partial charge in [-0.3, -0.25) is 15.0 Å². The summed E-state index contributed by atoms with van der Waals surface area (Å²) < 4.78 is 5.03. The zero-order valence-electron chi connectivity index (χ0n) is 12.4. The third kappa shape index (κ3) is 4.88. The molecule has 3 N–H and O–H groups in total. The van der Waals surface area contributed by atoms with Crippen LogP contribution in [-0.2, 0) is 16.1 Å². The lowest BCUT2D eigenvalue weighted by Gasteiger charge is -2.18. The molecule has 0 aliphatic heterocycles. The molecule has 0 saturated heterocycles. The molecule has 0 aliphatic carbocycles. The van der Waals surface area contributed by atoms with Crippen molar-refractivity contribution < 1.29 is 18.8 Å². The Labute approximate surface area is 132 Å². The van der Waals surface area contributed by atoms with E-state index in [4.69, 9.17) is 4.42 Å². The molecule has 0 saturated carbocycles. The molecule has 1 heterocycles. The molecular formula is C15H16N4O4. The summed E-state index contributed by atoms with van der Waals surface area (Å²) in [4.78, 5) is 35.2. The van der Waals surface area contributed by atoms with E-state index in [0.717, 1.165) is 5.01 Å². The van der Waals surface area contributed by atoms with Crippen LogP contribution in [0.25, 0.3) is 0 Å². The minimum absolute atomic E-state index is 0.0825. The SMILES string of the molecule is CN(NC(=O)C(=O)NCc1ccco1)C(=O)Nc1ccccc1. The van der Waals surface area contributed by atoms with E-state index < -0.39 is 17.8 Å². The van der Waals surface area contributed by atoms with Crippen LogP contribution in [0.3, 0.4) is 0 Å². The van der Waals surface area contributed by atoms with Crippen LogP contribution >= 0.6 is 0 Å². The van der Waals surface area contributed by atoms with E-state index in [2.05, 4.69) is 16.1 Å². The van der Waals surface area contributed by atoms with E-state index in [1.807, 2.05) is 6.07 Å². The topological polar surface area (TPSA) is 104 Å². The van der Waals surface area contributed by atoms with Crippen LogP contribution in [0.4, 0.5) is 10.5 Å². The van der Waals surface area contributed by atoms with Gasteiger partial charge in [0.1, 0.15) is 5.76 Å². The first-order chi connectivity index (χ1) is 11.1. The van der Waals surface area contributed by atoms with Crippen molar-refractivity contribution in [2.45, 2.75) is 6.54 Å². The number of rotatable bonds is 3. The zero-order chi connectivity index (χ0) is 16.7. The van der Waals surface area contributed by atoms with Crippen LogP contribution in [0, 0.1) is 0 Å². The quantitative estimate of drug-likeness (QED) is 0.582. The van der Waals surface area contributed by atoms with Gasteiger partial charge in [0.25, 0.3) is 0 Å². The van der Waals surface area contributed by atoms with Crippen LogP contribution < -0.4 is 16.1 Å². The summed E-state index contributed by atoms with van der Waals surface area (Å²) in [5, 5.41) is 5.83. The number of carbonyl (C=O) groups excluding carboxylic acids is 3. The normalized spacial score (nSPS) is 9.78. The molecule has 0 spiro atoms. The van der Waals surface area contributed by atoms with Crippen LogP contribution in [0.5, 0.6) is 0 Å². The minimum Gasteiger partial charge on any atom is -0.467 e. The standard InChI is InChI=1S/C15H16N4O4/c1-19(15(22)17-11-6-3-2-4-7-11)18-14(21)13(20)16-10-12-8-5-9-23-12/h2-9H,10H2,1H3,(H,16,20)(H,17,22)(H,18,21). The first-order valence-corrected chi connectivity index (χ1v) is 6.77. The van der Waals surface area contributed by atoms with Crippen LogP contribution in [-0.4, -0.2) is 29.9 Å². The fourth-order valence-electron chi connectivity index (χ4n) is 1.64. The smallest absolute Gasteiger partial charge is 0.340 e. The van der Waals surface area contributed by atoms with Gasteiger partial charge in [-0.25, -0.2) is 9.80 Å². The maximum absolute atomic E-state index is 11.9. The number of nitrogens with one attached hydrogen (secondary N) is 3. The van der Waals surface area contributed by atoms with Gasteiger partial charge in [0, 0.05) is 12.7 Å². The molecule has 0 aliphatic rings. The summed E-state index contributed by atoms with van der Waals surface area (Å²) in [6.45, 7) is 0.0825. The average molecular weight is 316 g/mol. The predicted molar refractivity (Wildman–Crippen MR) is 81.9 cm³/mol. The van der Waals surface area contributed by atoms with Crippen molar-refractivity contribution in [3.63, 3.8) is 0 Å². The van der Waals surface area contributed by atoms with Gasteiger partial charge in [-0.15, -0.1) is 0 Å². The summed E-state index contributed by atoms with van der Waals surface area (Å²) in [5.41, 5.74) is 2.74. The predicted octanol–water partition coefficient (Wildman–Crippen LogP) is 1.09. The highest BCUT2D eigenvalue weighted by Gasteiger charge is 2.18. The van der Waals surface area contributed by atoms with E-state index in [1.165, 1.54) is 13.3 Å². The van der Waals surface area contributed by atoms with Gasteiger partial charge in [0.2, 0.25) is 0 Å². The molecule has 2 rings (SSSR count). The van der Waals surface area contributed by atoms with Crippen molar-refractivity contribution in [3.05, 3.63) is 54.5 Å². The number of amides is 4. The Morgan fingerprint density at radius 1 is 1.04 bits per heavy atom. The highest BCUT2D eigenvalue weighted by atomic mass is 16.3. The molecule has 1 aromatic heterocycles. The lowest BCUT2D eigenvalue weighted by Crippen LogP contribution is -2.50. The number of furan rings is 1. The maximum Gasteiger partial charge on any atom is 0.340 e. The molecule has 0 bridgehead atoms. The second kappa shape index (κ2) is 7.64. The lowest BCUT2D eigenvalue weighted by atomic mass is 10.3. The van der Waals surface area contributed by atoms with Crippen molar-refractivity contribution in [3.8, 4) is 0 Å². The summed E-state index contributed by atoms with van der Waals surface area (Å²) in [5.74, 6) is -1.32. The first-order valence-electron chi connectivity index (χ1n) is 6.77. The number of urea groups is 1. The lowest BCUT2D eigenvalue weighted by molar-refractivity contribution is -0.141. The number of carbonyl (C=O) groups is 3. The molecule has 0 unspecified atom stereocenters. The fourth-order valence-corrected chi connectivity index (χ4v) is 1.64. The van der Waals surface area contributed by atoms with Crippen molar-refractivity contribution in [2.75, 3.05) is 12.4 Å². The van der Waals surface area contributed by atoms with Crippen LogP contribution in [0.1, 0.15) is 5.76 Å². The van der Waals surface area contributed by atoms with E-state index in [-0.39, 0.29) is 6.54 Å². The molecule has 0 radical (unpaired) electrons. The molecule has 120 valence electrons. The highest BCUT2D eigenvalue weighted by molar-refractivity contribution is 6.35. The minimum atomic E-state index is -0.956. The first kappa shape index (κ1) is 16.1. The molecular weight excluding hydrogens is 300 g/mol. The summed E-state index contributed by atoms with van der Waals surface area (Å²) in [6, 6.07) is 11.5. The summed E-state index contributed by atoms with van der Waals surface area (Å²) >= 11 is 0. The van der Waals surface area contributed by atoms with Crippen molar-refractivity contribution in [2.24, 2.45) is 0 Å². The molecule has 23 heavy (non-hydrogen) atoms. The van der Waals surface area contributed by atoms with Crippen molar-refractivity contribution in [1.29, 1.82) is 0 Å². The van der Waals surface area contributed by atoms with E-state index in [0.29, 0.717) is 11.4 Å². The Bertz CT molecular complexity index is 670. The number of benzene rings is 1. The van der Waals surface area contributed by atoms with Gasteiger partial charge >= 0.3 is 17.8 Å². The fraction of sp³-hybridized carbons (Fsp3) is 0.133. The second-order valence-electron chi connectivity index (χ2n) is 4.56. The Hall–Kier alpha value is -3.29. The van der Waals surface area contributed by atoms with E-state index >= 15 is 0 Å². The zero-order valence-corrected chi connectivity index (χ0v) is 12.4. The molecule has 0 fully saturated rings. The molecule has 1 aromatic carbocycles. The van der Waals surface area contributed by atoms with Gasteiger partial charge in [-0.05, 0) is 24.3 Å². The van der Waals surface area contributed by atoms with E-state index in [9.17, 15) is 14.4 Å². The van der Waals surface area contributed by atoms with Gasteiger partial charge in [-0.2, -0.15) is 0 Å². The maximum atomic E-state index is 11.9. The number of hydrogen-bond donors (Lipinski definition) is 3. The molecule has 8 heteroatoms. The third-order valence-electron chi connectivity index (χ3n) is 2.81. The molecule has 8 nitrogen and oxygen atoms in total. The highest BCUT2D eigenvalue weighted by Crippen LogP contribution is 2.05. The number of para-hydroxylation sites is 1. The molecule has 0 atom stereocenters. The molecule has 2 aromatic rings. The largest absolute Gasteiger partial charge is 0.467 e. The van der Waals surface area contributed by atoms with Crippen molar-refractivity contribution in [1.82, 2.24) is 15.8 Å². The van der Waals surface area contributed by atoms with Crippen LogP contribution in [0.2, 0.25) is 0 Å². The second-order valence-corrected chi connectivity index (χ2v) is 4.56. The number of hydrogen-bond acceptors (Lipinski definition) is 4. The number of hydrazine groups is 1. The average Bonchev–Trinajstić information content (AvgIpc) is 3.06. The Morgan fingerprint density at radius 2 is 1.78 bits per heavy atom. The van der Waals surface area contributed by atoms with Crippen LogP contribution in [0.15, 0.2) is 53.1 Å².